The molecule has 0 bridgehead atoms. The summed E-state index contributed by atoms with van der Waals surface area (Å²) < 4.78 is 1.19. The van der Waals surface area contributed by atoms with Crippen LogP contribution < -0.4 is 0 Å². The molecule has 0 atom stereocenters. The summed E-state index contributed by atoms with van der Waals surface area (Å²) in [7, 11) is 2.03. The Morgan fingerprint density at radius 2 is 1.94 bits per heavy atom. The van der Waals surface area contributed by atoms with E-state index in [0.717, 1.165) is 12.2 Å². The highest BCUT2D eigenvalue weighted by molar-refractivity contribution is 9.10. The fourth-order valence-corrected chi connectivity index (χ4v) is 1.82. The number of rotatable bonds is 3. The normalized spacial score (nSPS) is 11.1. The number of aliphatic imine (C=N–C) groups is 1. The fraction of sp³-hybridized carbons (Fsp3) is 0.462. The van der Waals surface area contributed by atoms with E-state index in [1.807, 2.05) is 13.4 Å². The molecule has 1 aromatic carbocycles. The van der Waals surface area contributed by atoms with Gasteiger partial charge in [-0.05, 0) is 50.5 Å². The smallest absolute Gasteiger partial charge is 0.0909 e. The topological polar surface area (TPSA) is 15.6 Å². The highest BCUT2D eigenvalue weighted by atomic mass is 79.9. The Morgan fingerprint density at radius 3 is 2.50 bits per heavy atom. The summed E-state index contributed by atoms with van der Waals surface area (Å²) >= 11 is 3.60. The van der Waals surface area contributed by atoms with Gasteiger partial charge in [0, 0.05) is 18.1 Å². The lowest BCUT2D eigenvalue weighted by Crippen LogP contribution is -2.14. The zero-order chi connectivity index (χ0) is 12.3. The van der Waals surface area contributed by atoms with Crippen LogP contribution in [-0.2, 0) is 0 Å². The molecule has 0 aliphatic carbocycles. The van der Waals surface area contributed by atoms with Gasteiger partial charge >= 0.3 is 0 Å². The molecule has 0 aliphatic heterocycles. The SMILES string of the molecule is CCN(C)C=Nc1cc(C)c(Br)c(C)c1C. The van der Waals surface area contributed by atoms with Gasteiger partial charge in [0.25, 0.3) is 0 Å². The molecule has 0 N–H and O–H groups in total. The minimum absolute atomic E-state index is 0.969. The molecule has 0 amide bonds. The van der Waals surface area contributed by atoms with Crippen LogP contribution in [0.1, 0.15) is 23.6 Å². The molecular weight excluding hydrogens is 264 g/mol. The molecule has 0 spiro atoms. The van der Waals surface area contributed by atoms with Crippen LogP contribution in [0.15, 0.2) is 15.5 Å². The Kier molecular flexibility index (Phi) is 4.54. The van der Waals surface area contributed by atoms with Crippen molar-refractivity contribution in [2.75, 3.05) is 13.6 Å². The van der Waals surface area contributed by atoms with Crippen LogP contribution in [0, 0.1) is 20.8 Å². The van der Waals surface area contributed by atoms with Gasteiger partial charge in [0.15, 0.2) is 0 Å². The van der Waals surface area contributed by atoms with E-state index in [9.17, 15) is 0 Å². The predicted molar refractivity (Wildman–Crippen MR) is 74.8 cm³/mol. The summed E-state index contributed by atoms with van der Waals surface area (Å²) in [6.07, 6.45) is 1.88. The largest absolute Gasteiger partial charge is 0.366 e. The summed E-state index contributed by atoms with van der Waals surface area (Å²) in [6.45, 7) is 9.40. The molecule has 0 aromatic heterocycles. The van der Waals surface area contributed by atoms with E-state index in [-0.39, 0.29) is 0 Å². The van der Waals surface area contributed by atoms with Gasteiger partial charge in [-0.3, -0.25) is 0 Å². The second-order valence-electron chi connectivity index (χ2n) is 4.09. The van der Waals surface area contributed by atoms with Crippen LogP contribution in [0.3, 0.4) is 0 Å². The van der Waals surface area contributed by atoms with E-state index in [1.165, 1.54) is 21.2 Å². The minimum Gasteiger partial charge on any atom is -0.366 e. The number of hydrogen-bond acceptors (Lipinski definition) is 1. The zero-order valence-corrected chi connectivity index (χ0v) is 12.2. The van der Waals surface area contributed by atoms with E-state index in [0.29, 0.717) is 0 Å². The number of halogens is 1. The Hall–Kier alpha value is -0.830. The first-order valence-electron chi connectivity index (χ1n) is 5.48. The van der Waals surface area contributed by atoms with Crippen molar-refractivity contribution in [3.63, 3.8) is 0 Å². The van der Waals surface area contributed by atoms with Gasteiger partial charge in [-0.25, -0.2) is 4.99 Å². The average molecular weight is 283 g/mol. The molecule has 3 heteroatoms. The highest BCUT2D eigenvalue weighted by Gasteiger charge is 2.06. The third-order valence-electron chi connectivity index (χ3n) is 2.87. The maximum absolute atomic E-state index is 4.52. The molecule has 2 nitrogen and oxygen atoms in total. The number of benzene rings is 1. The second kappa shape index (κ2) is 5.48. The lowest BCUT2D eigenvalue weighted by atomic mass is 10.0. The summed E-state index contributed by atoms with van der Waals surface area (Å²) in [5.41, 5.74) is 4.79. The van der Waals surface area contributed by atoms with Gasteiger partial charge in [0.05, 0.1) is 12.0 Å². The van der Waals surface area contributed by atoms with Crippen LogP contribution >= 0.6 is 15.9 Å². The number of aryl methyl sites for hydroxylation is 1. The van der Waals surface area contributed by atoms with Gasteiger partial charge in [0.1, 0.15) is 0 Å². The lowest BCUT2D eigenvalue weighted by molar-refractivity contribution is 0.552. The first-order valence-corrected chi connectivity index (χ1v) is 6.27. The van der Waals surface area contributed by atoms with E-state index in [2.05, 4.69) is 59.6 Å². The lowest BCUT2D eigenvalue weighted by Gasteiger charge is -2.12. The average Bonchev–Trinajstić information content (AvgIpc) is 2.28. The first kappa shape index (κ1) is 13.2. The summed E-state index contributed by atoms with van der Waals surface area (Å²) in [5.74, 6) is 0. The molecule has 0 saturated carbocycles. The Bertz CT molecular complexity index is 411. The Labute approximate surface area is 107 Å². The van der Waals surface area contributed by atoms with Gasteiger partial charge < -0.3 is 4.90 Å². The standard InChI is InChI=1S/C13H19BrN2/c1-6-16(5)8-15-12-7-9(2)13(14)11(4)10(12)3/h7-8H,6H2,1-5H3. The van der Waals surface area contributed by atoms with Crippen LogP contribution in [0.2, 0.25) is 0 Å². The zero-order valence-electron chi connectivity index (χ0n) is 10.6. The van der Waals surface area contributed by atoms with Crippen LogP contribution in [0.4, 0.5) is 5.69 Å². The van der Waals surface area contributed by atoms with Crippen LogP contribution in [0.5, 0.6) is 0 Å². The molecular formula is C13H19BrN2. The van der Waals surface area contributed by atoms with Crippen molar-refractivity contribution < 1.29 is 0 Å². The van der Waals surface area contributed by atoms with E-state index >= 15 is 0 Å². The van der Waals surface area contributed by atoms with Crippen molar-refractivity contribution >= 4 is 28.0 Å². The number of nitrogens with zero attached hydrogens (tertiary/aromatic N) is 2. The van der Waals surface area contributed by atoms with Gasteiger partial charge in [0.2, 0.25) is 0 Å². The minimum atomic E-state index is 0.969. The third kappa shape index (κ3) is 2.85. The Balaban J connectivity index is 3.11. The van der Waals surface area contributed by atoms with E-state index < -0.39 is 0 Å². The summed E-state index contributed by atoms with van der Waals surface area (Å²) in [5, 5.41) is 0. The van der Waals surface area contributed by atoms with Gasteiger partial charge in [-0.2, -0.15) is 0 Å². The molecule has 1 aromatic rings. The highest BCUT2D eigenvalue weighted by Crippen LogP contribution is 2.31. The van der Waals surface area contributed by atoms with E-state index in [4.69, 9.17) is 0 Å². The summed E-state index contributed by atoms with van der Waals surface area (Å²) in [4.78, 5) is 6.58. The van der Waals surface area contributed by atoms with Gasteiger partial charge in [-0.15, -0.1) is 0 Å². The fourth-order valence-electron chi connectivity index (χ4n) is 1.41. The van der Waals surface area contributed by atoms with Crippen molar-refractivity contribution in [1.29, 1.82) is 0 Å². The predicted octanol–water partition coefficient (Wildman–Crippen LogP) is 3.99. The monoisotopic (exact) mass is 282 g/mol. The summed E-state index contributed by atoms with van der Waals surface area (Å²) in [6, 6.07) is 2.12. The van der Waals surface area contributed by atoms with Gasteiger partial charge in [-0.1, -0.05) is 15.9 Å². The maximum Gasteiger partial charge on any atom is 0.0909 e. The van der Waals surface area contributed by atoms with Crippen molar-refractivity contribution in [3.8, 4) is 0 Å². The number of hydrogen-bond donors (Lipinski definition) is 0. The molecule has 0 aliphatic rings. The third-order valence-corrected chi connectivity index (χ3v) is 4.09. The quantitative estimate of drug-likeness (QED) is 0.605. The van der Waals surface area contributed by atoms with Crippen molar-refractivity contribution in [1.82, 2.24) is 4.90 Å². The molecule has 0 heterocycles. The molecule has 0 saturated heterocycles. The molecule has 0 radical (unpaired) electrons. The second-order valence-corrected chi connectivity index (χ2v) is 4.89. The van der Waals surface area contributed by atoms with E-state index in [1.54, 1.807) is 0 Å². The van der Waals surface area contributed by atoms with Crippen molar-refractivity contribution in [2.45, 2.75) is 27.7 Å². The molecule has 0 unspecified atom stereocenters. The molecule has 16 heavy (non-hydrogen) atoms. The molecule has 88 valence electrons. The Morgan fingerprint density at radius 1 is 1.31 bits per heavy atom. The van der Waals surface area contributed by atoms with Crippen molar-refractivity contribution in [2.24, 2.45) is 4.99 Å². The molecule has 0 fully saturated rings. The van der Waals surface area contributed by atoms with Crippen LogP contribution in [-0.4, -0.2) is 24.8 Å². The first-order chi connectivity index (χ1) is 7.47. The van der Waals surface area contributed by atoms with Crippen LogP contribution in [0.25, 0.3) is 0 Å². The maximum atomic E-state index is 4.52. The molecule has 1 rings (SSSR count). The van der Waals surface area contributed by atoms with Crippen molar-refractivity contribution in [3.05, 3.63) is 27.2 Å².